The van der Waals surface area contributed by atoms with E-state index in [9.17, 15) is 4.79 Å². The molecule has 2 saturated carbocycles. The second-order valence-electron chi connectivity index (χ2n) is 11.0. The van der Waals surface area contributed by atoms with Crippen molar-refractivity contribution in [3.8, 4) is 0 Å². The molecule has 0 radical (unpaired) electrons. The third-order valence-electron chi connectivity index (χ3n) is 8.39. The van der Waals surface area contributed by atoms with E-state index in [1.165, 1.54) is 25.7 Å². The van der Waals surface area contributed by atoms with Crippen LogP contribution in [0.15, 0.2) is 36.7 Å². The molecule has 0 unspecified atom stereocenters. The number of nitrogens with zero attached hydrogens (tertiary/aromatic N) is 5. The summed E-state index contributed by atoms with van der Waals surface area (Å²) >= 11 is 0. The molecule has 0 bridgehead atoms. The summed E-state index contributed by atoms with van der Waals surface area (Å²) in [5.74, 6) is 1.58. The maximum Gasteiger partial charge on any atom is 0.253 e. The van der Waals surface area contributed by atoms with E-state index in [4.69, 9.17) is 20.7 Å². The Bertz CT molecular complexity index is 1220. The highest BCUT2D eigenvalue weighted by Gasteiger charge is 2.27. The number of anilines is 2. The number of carbonyl (C=O) groups is 1. The molecule has 9 nitrogen and oxygen atoms in total. The Hall–Kier alpha value is -2.62. The van der Waals surface area contributed by atoms with E-state index in [0.29, 0.717) is 24.1 Å². The number of benzene rings is 1. The third-order valence-corrected chi connectivity index (χ3v) is 8.39. The van der Waals surface area contributed by atoms with E-state index < -0.39 is 0 Å². The van der Waals surface area contributed by atoms with Crippen LogP contribution in [0.4, 0.5) is 11.8 Å². The van der Waals surface area contributed by atoms with Crippen molar-refractivity contribution in [1.82, 2.24) is 24.4 Å². The maximum atomic E-state index is 12.9. The number of amides is 1. The van der Waals surface area contributed by atoms with Crippen LogP contribution < -0.4 is 16.4 Å². The molecule has 2 aliphatic carbocycles. The lowest BCUT2D eigenvalue weighted by atomic mass is 9.92. The van der Waals surface area contributed by atoms with Crippen molar-refractivity contribution in [3.05, 3.63) is 42.2 Å². The highest BCUT2D eigenvalue weighted by Crippen LogP contribution is 2.34. The minimum Gasteiger partial charge on any atom is -0.365 e. The van der Waals surface area contributed by atoms with Gasteiger partial charge in [0.1, 0.15) is 0 Å². The van der Waals surface area contributed by atoms with Gasteiger partial charge in [0.2, 0.25) is 5.95 Å². The van der Waals surface area contributed by atoms with Gasteiger partial charge in [-0.25, -0.2) is 4.98 Å². The van der Waals surface area contributed by atoms with Gasteiger partial charge < -0.3 is 25.8 Å². The van der Waals surface area contributed by atoms with Crippen molar-refractivity contribution in [2.75, 3.05) is 23.7 Å². The molecule has 3 aromatic rings. The summed E-state index contributed by atoms with van der Waals surface area (Å²) in [5.41, 5.74) is 8.63. The molecule has 3 heterocycles. The molecule has 2 aromatic heterocycles. The van der Waals surface area contributed by atoms with Crippen molar-refractivity contribution in [3.63, 3.8) is 0 Å². The first-order valence-corrected chi connectivity index (χ1v) is 14.0. The van der Waals surface area contributed by atoms with Crippen molar-refractivity contribution >= 4 is 53.7 Å². The molecule has 1 aliphatic heterocycles. The molecule has 11 heteroatoms. The average Bonchev–Trinajstić information content (AvgIpc) is 3.61. The zero-order valence-electron chi connectivity index (χ0n) is 22.3. The second kappa shape index (κ2) is 13.2. The fourth-order valence-electron chi connectivity index (χ4n) is 6.16. The third kappa shape index (κ3) is 6.58. The van der Waals surface area contributed by atoms with Gasteiger partial charge in [-0.2, -0.15) is 9.97 Å². The number of hydrogen-bond donors (Lipinski definition) is 3. The van der Waals surface area contributed by atoms with Crippen LogP contribution in [0.25, 0.3) is 11.2 Å². The number of aromatic nitrogens is 4. The highest BCUT2D eigenvalue weighted by molar-refractivity contribution is 5.94. The Kier molecular flexibility index (Phi) is 9.91. The number of rotatable bonds is 6. The second-order valence-corrected chi connectivity index (χ2v) is 11.0. The summed E-state index contributed by atoms with van der Waals surface area (Å²) < 4.78 is 2.26. The van der Waals surface area contributed by atoms with Gasteiger partial charge in [0, 0.05) is 42.8 Å². The molecular weight excluding hydrogens is 535 g/mol. The number of nitrogens with two attached hydrogens (primary N) is 1. The Morgan fingerprint density at radius 2 is 1.51 bits per heavy atom. The van der Waals surface area contributed by atoms with Crippen molar-refractivity contribution in [1.29, 1.82) is 0 Å². The first kappa shape index (κ1) is 29.4. The lowest BCUT2D eigenvalue weighted by Gasteiger charge is -2.33. The molecule has 0 spiro atoms. The first-order valence-electron chi connectivity index (χ1n) is 14.0. The van der Waals surface area contributed by atoms with E-state index in [1.54, 1.807) is 0 Å². The van der Waals surface area contributed by atoms with Gasteiger partial charge in [0.05, 0.1) is 6.33 Å². The van der Waals surface area contributed by atoms with Gasteiger partial charge in [-0.15, -0.1) is 24.8 Å². The molecule has 0 atom stereocenters. The van der Waals surface area contributed by atoms with Gasteiger partial charge in [-0.1, -0.05) is 31.0 Å². The number of carbonyl (C=O) groups excluding carboxylic acids is 1. The summed E-state index contributed by atoms with van der Waals surface area (Å²) in [6.07, 6.45) is 12.7. The standard InChI is InChI=1S/C28H38N8O.2ClH/c29-20-10-12-21(13-11-20)32-28-33-25(24-26(34-28)36(18-30-24)23-8-4-5-9-23)31-22-14-16-35(17-15-22)27(37)19-6-2-1-3-7-19;;/h1-3,6-7,18,20-23H,4-5,8-17,29H2,(H2,31,32,33,34);2*1H/t20-,21-;;. The molecule has 3 fully saturated rings. The quantitative estimate of drug-likeness (QED) is 0.371. The van der Waals surface area contributed by atoms with E-state index in [-0.39, 0.29) is 36.8 Å². The minimum absolute atomic E-state index is 0. The normalized spacial score (nSPS) is 22.2. The smallest absolute Gasteiger partial charge is 0.253 e. The summed E-state index contributed by atoms with van der Waals surface area (Å²) in [7, 11) is 0. The van der Waals surface area contributed by atoms with Crippen LogP contribution in [0, 0.1) is 0 Å². The van der Waals surface area contributed by atoms with Crippen LogP contribution in [0.3, 0.4) is 0 Å². The number of piperidine rings is 1. The maximum absolute atomic E-state index is 12.9. The molecule has 6 rings (SSSR count). The van der Waals surface area contributed by atoms with Gasteiger partial charge in [-0.3, -0.25) is 4.79 Å². The largest absolute Gasteiger partial charge is 0.365 e. The number of hydrogen-bond acceptors (Lipinski definition) is 7. The summed E-state index contributed by atoms with van der Waals surface area (Å²) in [6.45, 7) is 1.45. The molecule has 1 saturated heterocycles. The summed E-state index contributed by atoms with van der Waals surface area (Å²) in [6, 6.07) is 10.9. The fourth-order valence-corrected chi connectivity index (χ4v) is 6.16. The number of nitrogens with one attached hydrogen (secondary N) is 2. The van der Waals surface area contributed by atoms with Gasteiger partial charge in [0.25, 0.3) is 5.91 Å². The number of halogens is 2. The van der Waals surface area contributed by atoms with Crippen molar-refractivity contribution in [2.45, 2.75) is 88.4 Å². The predicted molar refractivity (Wildman–Crippen MR) is 160 cm³/mol. The average molecular weight is 576 g/mol. The monoisotopic (exact) mass is 574 g/mol. The fraction of sp³-hybridized carbons (Fsp3) is 0.571. The van der Waals surface area contributed by atoms with Gasteiger partial charge in [-0.05, 0) is 63.5 Å². The SMILES string of the molecule is Cl.Cl.N[C@H]1CC[C@H](Nc2nc(NC3CCN(C(=O)c4ccccc4)CC3)c3ncn(C4CCCC4)c3n2)CC1. The lowest BCUT2D eigenvalue weighted by molar-refractivity contribution is 0.0718. The number of imidazole rings is 1. The Morgan fingerprint density at radius 1 is 0.846 bits per heavy atom. The molecule has 39 heavy (non-hydrogen) atoms. The number of fused-ring (bicyclic) bond motifs is 1. The molecule has 212 valence electrons. The van der Waals surface area contributed by atoms with Crippen molar-refractivity contribution in [2.24, 2.45) is 5.73 Å². The van der Waals surface area contributed by atoms with E-state index in [1.807, 2.05) is 41.6 Å². The highest BCUT2D eigenvalue weighted by atomic mass is 35.5. The molecule has 4 N–H and O–H groups in total. The van der Waals surface area contributed by atoms with Crippen LogP contribution in [-0.4, -0.2) is 61.5 Å². The summed E-state index contributed by atoms with van der Waals surface area (Å²) in [5, 5.41) is 7.29. The molecular formula is C28H40Cl2N8O. The van der Waals surface area contributed by atoms with Crippen LogP contribution in [0.2, 0.25) is 0 Å². The molecule has 3 aliphatic rings. The zero-order valence-corrected chi connectivity index (χ0v) is 23.9. The van der Waals surface area contributed by atoms with Gasteiger partial charge in [0.15, 0.2) is 17.0 Å². The topological polar surface area (TPSA) is 114 Å². The number of likely N-dealkylation sites (tertiary alicyclic amines) is 1. The van der Waals surface area contributed by atoms with E-state index in [2.05, 4.69) is 15.2 Å². The lowest BCUT2D eigenvalue weighted by Crippen LogP contribution is -2.42. The van der Waals surface area contributed by atoms with Gasteiger partial charge >= 0.3 is 0 Å². The predicted octanol–water partition coefficient (Wildman–Crippen LogP) is 5.18. The zero-order chi connectivity index (χ0) is 25.2. The van der Waals surface area contributed by atoms with Crippen LogP contribution in [0.5, 0.6) is 0 Å². The Morgan fingerprint density at radius 3 is 2.21 bits per heavy atom. The van der Waals surface area contributed by atoms with E-state index >= 15 is 0 Å². The minimum atomic E-state index is 0. The first-order chi connectivity index (χ1) is 18.1. The molecule has 1 aromatic carbocycles. The van der Waals surface area contributed by atoms with Crippen molar-refractivity contribution < 1.29 is 4.79 Å². The van der Waals surface area contributed by atoms with Crippen LogP contribution in [-0.2, 0) is 0 Å². The Balaban J connectivity index is 0.00000176. The van der Waals surface area contributed by atoms with Crippen LogP contribution in [0.1, 0.15) is 80.6 Å². The van der Waals surface area contributed by atoms with E-state index in [0.717, 1.165) is 74.2 Å². The van der Waals surface area contributed by atoms with Crippen LogP contribution >= 0.6 is 24.8 Å². The Labute approximate surface area is 242 Å². The molecule has 1 amide bonds. The summed E-state index contributed by atoms with van der Waals surface area (Å²) in [4.78, 5) is 29.5.